The van der Waals surface area contributed by atoms with Gasteiger partial charge in [-0.05, 0) is 42.6 Å². The lowest BCUT2D eigenvalue weighted by atomic mass is 9.99. The van der Waals surface area contributed by atoms with Crippen molar-refractivity contribution in [2.24, 2.45) is 0 Å². The second kappa shape index (κ2) is 9.01. The molecule has 0 bridgehead atoms. The van der Waals surface area contributed by atoms with E-state index in [9.17, 15) is 14.7 Å². The number of carbonyl (C=O) groups is 2. The van der Waals surface area contributed by atoms with Crippen molar-refractivity contribution in [1.82, 2.24) is 10.2 Å². The molecule has 1 amide bonds. The Labute approximate surface area is 159 Å². The van der Waals surface area contributed by atoms with Crippen molar-refractivity contribution in [1.29, 1.82) is 0 Å². The van der Waals surface area contributed by atoms with E-state index in [1.165, 1.54) is 0 Å². The lowest BCUT2D eigenvalue weighted by Gasteiger charge is -2.32. The Bertz CT molecular complexity index is 775. The molecule has 2 unspecified atom stereocenters. The molecule has 1 aliphatic rings. The number of carbonyl (C=O) groups excluding carboxylic acids is 1. The number of rotatable bonds is 5. The first-order chi connectivity index (χ1) is 12.1. The molecule has 2 aromatic rings. The number of hydrogen-bond acceptors (Lipinski definition) is 3. The molecule has 1 heterocycles. The number of hydrogen-bond donors (Lipinski definition) is 2. The van der Waals surface area contributed by atoms with Crippen molar-refractivity contribution in [3.05, 3.63) is 48.0 Å². The summed E-state index contributed by atoms with van der Waals surface area (Å²) in [6.45, 7) is 2.75. The number of benzene rings is 2. The Balaban J connectivity index is 0.00000243. The summed E-state index contributed by atoms with van der Waals surface area (Å²) >= 11 is 0. The van der Waals surface area contributed by atoms with Gasteiger partial charge in [0, 0.05) is 0 Å². The maximum Gasteiger partial charge on any atom is 0.320 e. The van der Waals surface area contributed by atoms with Gasteiger partial charge in [0.15, 0.2) is 0 Å². The minimum absolute atomic E-state index is 0. The first kappa shape index (κ1) is 20.2. The lowest BCUT2D eigenvalue weighted by Crippen LogP contribution is -2.49. The van der Waals surface area contributed by atoms with Gasteiger partial charge < -0.3 is 10.4 Å². The molecule has 6 heteroatoms. The van der Waals surface area contributed by atoms with Gasteiger partial charge >= 0.3 is 5.97 Å². The van der Waals surface area contributed by atoms with E-state index in [1.54, 1.807) is 4.90 Å². The summed E-state index contributed by atoms with van der Waals surface area (Å²) in [5.41, 5.74) is 1.07. The molecular weight excluding hydrogens is 352 g/mol. The number of amides is 1. The summed E-state index contributed by atoms with van der Waals surface area (Å²) in [6, 6.07) is 13.5. The Morgan fingerprint density at radius 1 is 1.19 bits per heavy atom. The summed E-state index contributed by atoms with van der Waals surface area (Å²) in [5, 5.41) is 14.6. The van der Waals surface area contributed by atoms with Crippen LogP contribution in [0, 0.1) is 0 Å². The highest BCUT2D eigenvalue weighted by molar-refractivity contribution is 5.87. The Morgan fingerprint density at radius 2 is 1.92 bits per heavy atom. The van der Waals surface area contributed by atoms with Crippen molar-refractivity contribution in [3.8, 4) is 0 Å². The van der Waals surface area contributed by atoms with Crippen LogP contribution in [0.25, 0.3) is 10.8 Å². The Hall–Kier alpha value is -2.11. The fourth-order valence-corrected chi connectivity index (χ4v) is 3.64. The van der Waals surface area contributed by atoms with E-state index >= 15 is 0 Å². The van der Waals surface area contributed by atoms with Gasteiger partial charge in [-0.15, -0.1) is 12.4 Å². The third-order valence-electron chi connectivity index (χ3n) is 4.91. The summed E-state index contributed by atoms with van der Waals surface area (Å²) < 4.78 is 0. The van der Waals surface area contributed by atoms with Gasteiger partial charge in [0.1, 0.15) is 6.04 Å². The fourth-order valence-electron chi connectivity index (χ4n) is 3.64. The zero-order valence-corrected chi connectivity index (χ0v) is 15.7. The van der Waals surface area contributed by atoms with Gasteiger partial charge in [0.25, 0.3) is 0 Å². The Morgan fingerprint density at radius 3 is 2.69 bits per heavy atom. The number of aliphatic carboxylic acids is 1. The van der Waals surface area contributed by atoms with Gasteiger partial charge in [0.2, 0.25) is 5.91 Å². The molecule has 140 valence electrons. The molecule has 5 nitrogen and oxygen atoms in total. The number of piperidine rings is 1. The Kier molecular flexibility index (Phi) is 7.00. The molecule has 0 aliphatic carbocycles. The molecule has 0 radical (unpaired) electrons. The molecule has 0 spiro atoms. The van der Waals surface area contributed by atoms with Gasteiger partial charge in [0.05, 0.1) is 12.6 Å². The van der Waals surface area contributed by atoms with Crippen molar-refractivity contribution < 1.29 is 14.7 Å². The zero-order chi connectivity index (χ0) is 17.8. The molecule has 2 N–H and O–H groups in total. The average molecular weight is 377 g/mol. The summed E-state index contributed by atoms with van der Waals surface area (Å²) in [7, 11) is 0. The van der Waals surface area contributed by atoms with Gasteiger partial charge in [-0.1, -0.05) is 48.9 Å². The van der Waals surface area contributed by atoms with Crippen molar-refractivity contribution in [2.75, 3.05) is 13.1 Å². The second-order valence-electron chi connectivity index (χ2n) is 6.68. The van der Waals surface area contributed by atoms with E-state index in [1.807, 2.05) is 31.2 Å². The number of fused-ring (bicyclic) bond motifs is 1. The molecule has 1 saturated heterocycles. The van der Waals surface area contributed by atoms with E-state index in [2.05, 4.69) is 23.5 Å². The molecule has 1 fully saturated rings. The molecule has 2 aromatic carbocycles. The molecule has 0 saturated carbocycles. The number of carboxylic acids is 1. The van der Waals surface area contributed by atoms with Gasteiger partial charge in [-0.25, -0.2) is 0 Å². The van der Waals surface area contributed by atoms with Crippen LogP contribution in [0.5, 0.6) is 0 Å². The highest BCUT2D eigenvalue weighted by Gasteiger charge is 2.29. The van der Waals surface area contributed by atoms with E-state index < -0.39 is 12.0 Å². The molecule has 2 atom stereocenters. The van der Waals surface area contributed by atoms with Crippen LogP contribution in [-0.4, -0.2) is 41.0 Å². The van der Waals surface area contributed by atoms with Crippen LogP contribution >= 0.6 is 12.4 Å². The van der Waals surface area contributed by atoms with E-state index in [0.717, 1.165) is 29.2 Å². The lowest BCUT2D eigenvalue weighted by molar-refractivity contribution is -0.145. The maximum atomic E-state index is 12.5. The van der Waals surface area contributed by atoms with Crippen molar-refractivity contribution >= 4 is 35.1 Å². The third kappa shape index (κ3) is 4.54. The zero-order valence-electron chi connectivity index (χ0n) is 14.9. The monoisotopic (exact) mass is 376 g/mol. The minimum atomic E-state index is -0.838. The normalized spacial score (nSPS) is 18.7. The molecule has 26 heavy (non-hydrogen) atoms. The molecular formula is C20H25ClN2O3. The number of carboxylic acid groups (broad SMARTS) is 1. The van der Waals surface area contributed by atoms with Gasteiger partial charge in [-0.2, -0.15) is 0 Å². The maximum absolute atomic E-state index is 12.5. The van der Waals surface area contributed by atoms with E-state index in [-0.39, 0.29) is 30.9 Å². The quantitative estimate of drug-likeness (QED) is 0.839. The number of nitrogens with one attached hydrogen (secondary N) is 1. The third-order valence-corrected chi connectivity index (χ3v) is 4.91. The van der Waals surface area contributed by atoms with Crippen molar-refractivity contribution in [3.63, 3.8) is 0 Å². The van der Waals surface area contributed by atoms with Crippen molar-refractivity contribution in [2.45, 2.75) is 38.3 Å². The molecule has 3 rings (SSSR count). The van der Waals surface area contributed by atoms with E-state index in [0.29, 0.717) is 13.0 Å². The molecule has 1 aliphatic heterocycles. The first-order valence-corrected chi connectivity index (χ1v) is 8.80. The fraction of sp³-hybridized carbons (Fsp3) is 0.400. The number of halogens is 1. The van der Waals surface area contributed by atoms with Crippen LogP contribution in [-0.2, 0) is 9.59 Å². The second-order valence-corrected chi connectivity index (χ2v) is 6.68. The van der Waals surface area contributed by atoms with E-state index in [4.69, 9.17) is 0 Å². The smallest absolute Gasteiger partial charge is 0.320 e. The van der Waals surface area contributed by atoms with Crippen LogP contribution in [0.1, 0.15) is 37.8 Å². The molecule has 0 aromatic heterocycles. The van der Waals surface area contributed by atoms with Crippen LogP contribution in [0.2, 0.25) is 0 Å². The predicted octanol–water partition coefficient (Wildman–Crippen LogP) is 3.38. The number of likely N-dealkylation sites (tertiary alicyclic amines) is 1. The number of nitrogens with zero attached hydrogens (tertiary/aromatic N) is 1. The first-order valence-electron chi connectivity index (χ1n) is 8.80. The summed E-state index contributed by atoms with van der Waals surface area (Å²) in [6.07, 6.45) is 2.46. The predicted molar refractivity (Wildman–Crippen MR) is 105 cm³/mol. The van der Waals surface area contributed by atoms with Crippen LogP contribution in [0.4, 0.5) is 0 Å². The highest BCUT2D eigenvalue weighted by Crippen LogP contribution is 2.24. The van der Waals surface area contributed by atoms with Gasteiger partial charge in [-0.3, -0.25) is 14.5 Å². The SMILES string of the molecule is CC(NC(=O)CN1CCCCC1C(=O)O)c1cccc2ccccc12.Cl. The average Bonchev–Trinajstić information content (AvgIpc) is 2.61. The largest absolute Gasteiger partial charge is 0.480 e. The summed E-state index contributed by atoms with van der Waals surface area (Å²) in [4.78, 5) is 25.6. The highest BCUT2D eigenvalue weighted by atomic mass is 35.5. The summed E-state index contributed by atoms with van der Waals surface area (Å²) in [5.74, 6) is -0.969. The topological polar surface area (TPSA) is 69.6 Å². The van der Waals surface area contributed by atoms with Crippen LogP contribution in [0.15, 0.2) is 42.5 Å². The standard InChI is InChI=1S/C20H24N2O3.ClH/c1-14(16-10-6-8-15-7-2-3-9-17(15)16)21-19(23)13-22-12-5-4-11-18(22)20(24)25;/h2-3,6-10,14,18H,4-5,11-13H2,1H3,(H,21,23)(H,24,25);1H. The van der Waals surface area contributed by atoms with Crippen LogP contribution < -0.4 is 5.32 Å². The minimum Gasteiger partial charge on any atom is -0.480 e. The van der Waals surface area contributed by atoms with Crippen LogP contribution in [0.3, 0.4) is 0 Å².